The van der Waals surface area contributed by atoms with Crippen LogP contribution in [0, 0.1) is 22.7 Å². The van der Waals surface area contributed by atoms with Gasteiger partial charge in [-0.15, -0.1) is 0 Å². The lowest BCUT2D eigenvalue weighted by molar-refractivity contribution is 0.251. The van der Waals surface area contributed by atoms with Crippen LogP contribution in [0.4, 0.5) is 4.79 Å². The van der Waals surface area contributed by atoms with Gasteiger partial charge in [0, 0.05) is 39.4 Å². The van der Waals surface area contributed by atoms with Crippen LogP contribution >= 0.6 is 33.9 Å². The largest absolute Gasteiger partial charge is 0.361 e. The number of nitrogens with zero attached hydrogens (tertiary/aromatic N) is 4. The Balaban J connectivity index is 0.000000205. The van der Waals surface area contributed by atoms with Gasteiger partial charge in [0.05, 0.1) is 40.5 Å². The van der Waals surface area contributed by atoms with Gasteiger partial charge in [0.1, 0.15) is 0 Å². The number of isocyanates is 1. The number of nitrogens with one attached hydrogen (secondary N) is 1. The van der Waals surface area contributed by atoms with Crippen molar-refractivity contribution in [2.45, 2.75) is 12.8 Å². The van der Waals surface area contributed by atoms with Crippen LogP contribution in [0.1, 0.15) is 11.1 Å². The van der Waals surface area contributed by atoms with Gasteiger partial charge in [0.15, 0.2) is 0 Å². The zero-order chi connectivity index (χ0) is 26.9. The number of halogens is 3. The van der Waals surface area contributed by atoms with Gasteiger partial charge in [-0.1, -0.05) is 39.7 Å². The number of benzene rings is 2. The SMILES string of the molecule is N#CCc1c[nH]c2cccc(Cl)c12.N#CCc1cn(C(N)=O)c2cccc(Cl)c12.O=C=NS(=O)(=O)Cl. The van der Waals surface area contributed by atoms with Gasteiger partial charge in [-0.25, -0.2) is 9.59 Å². The summed E-state index contributed by atoms with van der Waals surface area (Å²) in [5.41, 5.74) is 8.52. The number of aromatic nitrogens is 2. The van der Waals surface area contributed by atoms with Gasteiger partial charge in [0.2, 0.25) is 0 Å². The Labute approximate surface area is 219 Å². The second kappa shape index (κ2) is 12.8. The average molecular weight is 566 g/mol. The van der Waals surface area contributed by atoms with Gasteiger partial charge >= 0.3 is 15.3 Å². The van der Waals surface area contributed by atoms with E-state index in [2.05, 4.69) is 26.1 Å². The maximum absolute atomic E-state index is 11.2. The first kappa shape index (κ1) is 28.4. The van der Waals surface area contributed by atoms with E-state index in [1.165, 1.54) is 4.57 Å². The zero-order valence-corrected chi connectivity index (χ0v) is 21.2. The van der Waals surface area contributed by atoms with E-state index in [1.807, 2.05) is 30.5 Å². The van der Waals surface area contributed by atoms with Gasteiger partial charge in [-0.2, -0.15) is 18.9 Å². The summed E-state index contributed by atoms with van der Waals surface area (Å²) >= 11 is 12.1. The van der Waals surface area contributed by atoms with Crippen molar-refractivity contribution in [1.29, 1.82) is 10.5 Å². The van der Waals surface area contributed by atoms with Gasteiger partial charge in [-0.3, -0.25) is 4.57 Å². The highest BCUT2D eigenvalue weighted by atomic mass is 35.7. The van der Waals surface area contributed by atoms with Gasteiger partial charge in [0.25, 0.3) is 6.08 Å². The van der Waals surface area contributed by atoms with E-state index in [1.54, 1.807) is 24.4 Å². The summed E-state index contributed by atoms with van der Waals surface area (Å²) in [7, 11) is 0.376. The molecule has 2 aromatic carbocycles. The Hall–Kier alpha value is -3.83. The summed E-state index contributed by atoms with van der Waals surface area (Å²) in [6, 6.07) is 14.4. The molecule has 0 spiro atoms. The van der Waals surface area contributed by atoms with Crippen LogP contribution in [-0.4, -0.2) is 30.1 Å². The summed E-state index contributed by atoms with van der Waals surface area (Å²) in [5, 5.41) is 20.2. The fraction of sp³-hybridized carbons (Fsp3) is 0.0909. The third-order valence-electron chi connectivity index (χ3n) is 4.52. The maximum Gasteiger partial charge on any atom is 0.350 e. The fourth-order valence-electron chi connectivity index (χ4n) is 3.20. The smallest absolute Gasteiger partial charge is 0.350 e. The Morgan fingerprint density at radius 1 is 1.03 bits per heavy atom. The highest BCUT2D eigenvalue weighted by Gasteiger charge is 2.13. The fourth-order valence-corrected chi connectivity index (χ4v) is 3.96. The zero-order valence-electron chi connectivity index (χ0n) is 18.1. The van der Waals surface area contributed by atoms with Crippen molar-refractivity contribution in [2.75, 3.05) is 0 Å². The summed E-state index contributed by atoms with van der Waals surface area (Å²) in [6.07, 6.45) is 4.74. The van der Waals surface area contributed by atoms with Crippen LogP contribution in [0.5, 0.6) is 0 Å². The first-order valence-corrected chi connectivity index (χ1v) is 12.7. The number of hydrogen-bond donors (Lipinski definition) is 2. The molecule has 1 amide bonds. The molecule has 4 rings (SSSR count). The number of carbonyl (C=O) groups excluding carboxylic acids is 2. The Morgan fingerprint density at radius 2 is 1.61 bits per heavy atom. The monoisotopic (exact) mass is 564 g/mol. The van der Waals surface area contributed by atoms with Crippen molar-refractivity contribution >= 4 is 77.0 Å². The summed E-state index contributed by atoms with van der Waals surface area (Å²) < 4.78 is 22.6. The first-order valence-electron chi connectivity index (χ1n) is 9.64. The summed E-state index contributed by atoms with van der Waals surface area (Å²) in [5.74, 6) is 0. The van der Waals surface area contributed by atoms with Gasteiger partial charge < -0.3 is 10.7 Å². The number of carbonyl (C=O) groups is 1. The van der Waals surface area contributed by atoms with Crippen LogP contribution in [0.25, 0.3) is 21.8 Å². The van der Waals surface area contributed by atoms with Crippen LogP contribution in [0.2, 0.25) is 10.0 Å². The minimum Gasteiger partial charge on any atom is -0.361 e. The Kier molecular flexibility index (Phi) is 10.1. The van der Waals surface area contributed by atoms with Crippen LogP contribution in [-0.2, 0) is 26.9 Å². The number of amides is 1. The number of rotatable bonds is 3. The molecule has 0 fully saturated rings. The molecule has 184 valence electrons. The molecule has 0 unspecified atom stereocenters. The molecule has 14 heteroatoms. The molecule has 2 heterocycles. The van der Waals surface area contributed by atoms with E-state index in [4.69, 9.17) is 44.3 Å². The number of primary amides is 1. The molecule has 2 aromatic heterocycles. The lowest BCUT2D eigenvalue weighted by Crippen LogP contribution is -2.18. The van der Waals surface area contributed by atoms with E-state index in [9.17, 15) is 13.2 Å². The van der Waals surface area contributed by atoms with Gasteiger partial charge in [-0.05, 0) is 35.4 Å². The lowest BCUT2D eigenvalue weighted by atomic mass is 10.1. The van der Waals surface area contributed by atoms with Crippen LogP contribution in [0.3, 0.4) is 0 Å². The maximum atomic E-state index is 11.2. The van der Waals surface area contributed by atoms with Crippen molar-refractivity contribution in [3.63, 3.8) is 0 Å². The minimum absolute atomic E-state index is 0.195. The van der Waals surface area contributed by atoms with Crippen LogP contribution < -0.4 is 5.73 Å². The van der Waals surface area contributed by atoms with Crippen molar-refractivity contribution in [3.8, 4) is 12.1 Å². The summed E-state index contributed by atoms with van der Waals surface area (Å²) in [4.78, 5) is 23.3. The van der Waals surface area contributed by atoms with Crippen LogP contribution in [0.15, 0.2) is 53.2 Å². The molecule has 0 saturated heterocycles. The Bertz CT molecular complexity index is 1660. The molecule has 36 heavy (non-hydrogen) atoms. The standard InChI is InChI=1S/C11H8ClN3O.C10H7ClN2.CClNO3S/c12-8-2-1-3-9-10(8)7(4-5-13)6-15(9)11(14)16;11-8-2-1-3-9-10(8)7(4-5-12)6-13-9;2-7(5,6)3-1-4/h1-3,6H,4H2,(H2,14,16);1-3,6,13H,4H2;. The highest BCUT2D eigenvalue weighted by Crippen LogP contribution is 2.29. The van der Waals surface area contributed by atoms with E-state index in [0.29, 0.717) is 32.9 Å². The second-order valence-corrected chi connectivity index (χ2v) is 9.73. The predicted octanol–water partition coefficient (Wildman–Crippen LogP) is 4.98. The molecule has 0 aliphatic carbocycles. The van der Waals surface area contributed by atoms with E-state index in [0.717, 1.165) is 22.5 Å². The van der Waals surface area contributed by atoms with E-state index >= 15 is 0 Å². The molecule has 10 nitrogen and oxygen atoms in total. The molecular weight excluding hydrogens is 551 g/mol. The topological polar surface area (TPSA) is 175 Å². The molecule has 4 aromatic rings. The number of fused-ring (bicyclic) bond motifs is 2. The number of hydrogen-bond acceptors (Lipinski definition) is 6. The Morgan fingerprint density at radius 3 is 2.14 bits per heavy atom. The van der Waals surface area contributed by atoms with Crippen molar-refractivity contribution < 1.29 is 18.0 Å². The lowest BCUT2D eigenvalue weighted by Gasteiger charge is -1.98. The third kappa shape index (κ3) is 7.33. The summed E-state index contributed by atoms with van der Waals surface area (Å²) in [6.45, 7) is 0. The number of aromatic amines is 1. The molecule has 0 aliphatic rings. The average Bonchev–Trinajstić information content (AvgIpc) is 3.38. The second-order valence-electron chi connectivity index (χ2n) is 6.74. The van der Waals surface area contributed by atoms with Crippen molar-refractivity contribution in [1.82, 2.24) is 9.55 Å². The molecule has 3 N–H and O–H groups in total. The van der Waals surface area contributed by atoms with E-state index in [-0.39, 0.29) is 6.42 Å². The molecule has 0 aliphatic heterocycles. The van der Waals surface area contributed by atoms with Crippen molar-refractivity contribution in [2.24, 2.45) is 10.1 Å². The number of nitriles is 2. The molecule has 0 atom stereocenters. The normalized spacial score (nSPS) is 10.1. The molecule has 0 bridgehead atoms. The molecule has 0 radical (unpaired) electrons. The van der Waals surface area contributed by atoms with E-state index < -0.39 is 15.3 Å². The highest BCUT2D eigenvalue weighted by molar-refractivity contribution is 8.12. The third-order valence-corrected chi connectivity index (χ3v) is 5.65. The number of H-pyrrole nitrogens is 1. The quantitative estimate of drug-likeness (QED) is 0.201. The molecule has 0 saturated carbocycles. The first-order chi connectivity index (χ1) is 17.0. The number of nitrogens with two attached hydrogens (primary N) is 1. The minimum atomic E-state index is -4.00. The molecular formula is C22H15Cl3N6O4S. The predicted molar refractivity (Wildman–Crippen MR) is 137 cm³/mol. The van der Waals surface area contributed by atoms with Crippen molar-refractivity contribution in [3.05, 3.63) is 70.0 Å².